The van der Waals surface area contributed by atoms with E-state index in [0.717, 1.165) is 17.0 Å². The molecule has 3 amide bonds. The number of urea groups is 1. The Balaban J connectivity index is 2.15. The van der Waals surface area contributed by atoms with E-state index in [-0.39, 0.29) is 27.6 Å². The second-order valence-corrected chi connectivity index (χ2v) is 8.87. The van der Waals surface area contributed by atoms with E-state index in [2.05, 4.69) is 0 Å². The molecule has 0 saturated carbocycles. The second kappa shape index (κ2) is 8.78. The summed E-state index contributed by atoms with van der Waals surface area (Å²) in [5, 5.41) is 8.98. The average molecular weight is 509 g/mol. The number of nitrogens with two attached hydrogens (primary N) is 1. The van der Waals surface area contributed by atoms with Gasteiger partial charge >= 0.3 is 18.2 Å². The summed E-state index contributed by atoms with van der Waals surface area (Å²) in [5.41, 5.74) is 1.73. The number of carbonyl (C=O) groups is 3. The third-order valence-corrected chi connectivity index (χ3v) is 5.63. The summed E-state index contributed by atoms with van der Waals surface area (Å²) in [6, 6.07) is 5.56. The number of halogens is 4. The molecule has 35 heavy (non-hydrogen) atoms. The van der Waals surface area contributed by atoms with Gasteiger partial charge in [-0.25, -0.2) is 14.5 Å². The lowest BCUT2D eigenvalue weighted by molar-refractivity contribution is -0.137. The molecule has 1 aliphatic heterocycles. The van der Waals surface area contributed by atoms with Gasteiger partial charge in [-0.2, -0.15) is 18.4 Å². The van der Waals surface area contributed by atoms with Crippen LogP contribution >= 0.6 is 11.6 Å². The predicted octanol–water partition coefficient (Wildman–Crippen LogP) is 5.13. The van der Waals surface area contributed by atoms with Crippen LogP contribution in [0.4, 0.5) is 35.0 Å². The van der Waals surface area contributed by atoms with Crippen molar-refractivity contribution >= 4 is 46.6 Å². The molecule has 0 bridgehead atoms. The Morgan fingerprint density at radius 2 is 1.83 bits per heavy atom. The quantitative estimate of drug-likeness (QED) is 0.347. The molecule has 2 N–H and O–H groups in total. The topological polar surface area (TPSA) is 117 Å². The summed E-state index contributed by atoms with van der Waals surface area (Å²) >= 11 is 6.14. The molecule has 1 heterocycles. The molecule has 0 radical (unpaired) electrons. The van der Waals surface area contributed by atoms with E-state index in [4.69, 9.17) is 27.3 Å². The molecule has 3 rings (SSSR count). The normalized spacial score (nSPS) is 15.5. The Labute approximate surface area is 203 Å². The second-order valence-electron chi connectivity index (χ2n) is 8.47. The minimum absolute atomic E-state index is 0.0496. The number of rotatable bonds is 4. The van der Waals surface area contributed by atoms with Gasteiger partial charge in [0.05, 0.1) is 45.4 Å². The first-order valence-electron chi connectivity index (χ1n) is 10.2. The number of ether oxygens (including phenoxy) is 1. The molecule has 8 nitrogen and oxygen atoms in total. The van der Waals surface area contributed by atoms with Crippen LogP contribution in [0.1, 0.15) is 49.2 Å². The number of nitriles is 1. The molecule has 12 heteroatoms. The maximum atomic E-state index is 13.5. The number of carbonyl (C=O) groups excluding carboxylic acids is 3. The van der Waals surface area contributed by atoms with E-state index < -0.39 is 46.9 Å². The number of imide groups is 1. The lowest BCUT2D eigenvalue weighted by Gasteiger charge is -2.29. The van der Waals surface area contributed by atoms with Crippen molar-refractivity contribution in [1.29, 1.82) is 5.26 Å². The van der Waals surface area contributed by atoms with Crippen molar-refractivity contribution in [2.45, 2.75) is 45.5 Å². The fourth-order valence-corrected chi connectivity index (χ4v) is 3.93. The molecule has 2 aromatic rings. The third kappa shape index (κ3) is 4.37. The van der Waals surface area contributed by atoms with Crippen LogP contribution in [0.15, 0.2) is 30.3 Å². The molecule has 1 aliphatic rings. The minimum atomic E-state index is -4.89. The molecule has 0 aromatic heterocycles. The zero-order valence-electron chi connectivity index (χ0n) is 19.0. The van der Waals surface area contributed by atoms with Crippen molar-refractivity contribution in [3.05, 3.63) is 52.0 Å². The Kier molecular flexibility index (Phi) is 6.48. The number of benzene rings is 2. The lowest BCUT2D eigenvalue weighted by Crippen LogP contribution is -2.44. The van der Waals surface area contributed by atoms with E-state index in [1.54, 1.807) is 13.8 Å². The molecule has 1 fully saturated rings. The van der Waals surface area contributed by atoms with Crippen LogP contribution < -0.4 is 15.5 Å². The summed E-state index contributed by atoms with van der Waals surface area (Å²) in [6.45, 7) is 5.98. The number of esters is 1. The van der Waals surface area contributed by atoms with Gasteiger partial charge in [-0.1, -0.05) is 11.6 Å². The summed E-state index contributed by atoms with van der Waals surface area (Å²) < 4.78 is 45.6. The van der Waals surface area contributed by atoms with Gasteiger partial charge in [0, 0.05) is 0 Å². The van der Waals surface area contributed by atoms with Crippen molar-refractivity contribution in [2.75, 3.05) is 15.5 Å². The highest BCUT2D eigenvalue weighted by Gasteiger charge is 2.53. The first-order chi connectivity index (χ1) is 16.1. The summed E-state index contributed by atoms with van der Waals surface area (Å²) in [7, 11) is 0. The van der Waals surface area contributed by atoms with Crippen molar-refractivity contribution in [3.63, 3.8) is 0 Å². The maximum Gasteiger partial charge on any atom is 0.417 e. The fraction of sp³-hybridized carbons (Fsp3) is 0.304. The van der Waals surface area contributed by atoms with E-state index >= 15 is 0 Å². The lowest BCUT2D eigenvalue weighted by atomic mass is 10.0. The van der Waals surface area contributed by atoms with E-state index in [9.17, 15) is 27.6 Å². The zero-order chi connectivity index (χ0) is 26.5. The van der Waals surface area contributed by atoms with Gasteiger partial charge in [-0.15, -0.1) is 0 Å². The molecular formula is C23H20ClF3N4O4. The third-order valence-electron chi connectivity index (χ3n) is 5.31. The van der Waals surface area contributed by atoms with Crippen LogP contribution in [0.5, 0.6) is 0 Å². The van der Waals surface area contributed by atoms with Gasteiger partial charge in [-0.05, 0) is 58.0 Å². The predicted molar refractivity (Wildman–Crippen MR) is 122 cm³/mol. The van der Waals surface area contributed by atoms with Gasteiger partial charge in [0.25, 0.3) is 5.91 Å². The van der Waals surface area contributed by atoms with Gasteiger partial charge < -0.3 is 10.5 Å². The highest BCUT2D eigenvalue weighted by molar-refractivity contribution is 6.35. The zero-order valence-corrected chi connectivity index (χ0v) is 19.8. The largest absolute Gasteiger partial charge is 0.459 e. The van der Waals surface area contributed by atoms with Crippen LogP contribution in [0, 0.1) is 11.3 Å². The monoisotopic (exact) mass is 508 g/mol. The fourth-order valence-electron chi connectivity index (χ4n) is 3.69. The average Bonchev–Trinajstić information content (AvgIpc) is 2.91. The van der Waals surface area contributed by atoms with Gasteiger partial charge in [-0.3, -0.25) is 9.69 Å². The minimum Gasteiger partial charge on any atom is -0.459 e. The molecule has 0 spiro atoms. The Bertz CT molecular complexity index is 1280. The number of hydrogen-bond donors (Lipinski definition) is 1. The number of anilines is 3. The van der Waals surface area contributed by atoms with Crippen molar-refractivity contribution in [1.82, 2.24) is 0 Å². The van der Waals surface area contributed by atoms with Crippen molar-refractivity contribution in [2.24, 2.45) is 0 Å². The van der Waals surface area contributed by atoms with Gasteiger partial charge in [0.2, 0.25) is 0 Å². The number of hydrogen-bond acceptors (Lipinski definition) is 6. The Morgan fingerprint density at radius 3 is 2.37 bits per heavy atom. The molecule has 184 valence electrons. The van der Waals surface area contributed by atoms with Crippen molar-refractivity contribution in [3.8, 4) is 6.07 Å². The highest BCUT2D eigenvalue weighted by atomic mass is 35.5. The number of nitrogens with zero attached hydrogens (tertiary/aromatic N) is 3. The smallest absolute Gasteiger partial charge is 0.417 e. The summed E-state index contributed by atoms with van der Waals surface area (Å²) in [4.78, 5) is 40.7. The van der Waals surface area contributed by atoms with E-state index in [1.807, 2.05) is 0 Å². The van der Waals surface area contributed by atoms with Crippen LogP contribution in [-0.2, 0) is 15.7 Å². The van der Waals surface area contributed by atoms with Gasteiger partial charge in [0.1, 0.15) is 11.1 Å². The standard InChI is InChI=1S/C23H20ClF3N4O4/c1-11(2)35-19(32)17-15(24)7-8-16(18(17)29)31-21(34)30(20(33)22(31,3)4)13-6-5-12(10-28)14(9-13)23(25,26)27/h5-9,11H,29H2,1-4H3. The maximum absolute atomic E-state index is 13.5. The number of nitrogen functional groups attached to an aromatic ring is 1. The Hall–Kier alpha value is -3.78. The van der Waals surface area contributed by atoms with Crippen LogP contribution in [0.25, 0.3) is 0 Å². The molecule has 0 aliphatic carbocycles. The Morgan fingerprint density at radius 1 is 1.20 bits per heavy atom. The number of alkyl halides is 3. The summed E-state index contributed by atoms with van der Waals surface area (Å²) in [6.07, 6.45) is -5.39. The first kappa shape index (κ1) is 25.8. The highest BCUT2D eigenvalue weighted by Crippen LogP contribution is 2.42. The number of amides is 3. The molecule has 0 atom stereocenters. The van der Waals surface area contributed by atoms with E-state index in [1.165, 1.54) is 32.0 Å². The van der Waals surface area contributed by atoms with Crippen LogP contribution in [0.2, 0.25) is 5.02 Å². The molecular weight excluding hydrogens is 489 g/mol. The summed E-state index contributed by atoms with van der Waals surface area (Å²) in [5.74, 6) is -1.69. The molecule has 1 saturated heterocycles. The van der Waals surface area contributed by atoms with E-state index in [0.29, 0.717) is 11.0 Å². The van der Waals surface area contributed by atoms with Gasteiger partial charge in [0.15, 0.2) is 0 Å². The van der Waals surface area contributed by atoms with Crippen LogP contribution in [0.3, 0.4) is 0 Å². The SMILES string of the molecule is CC(C)OC(=O)c1c(Cl)ccc(N2C(=O)N(c3ccc(C#N)c(C(F)(F)F)c3)C(=O)C2(C)C)c1N. The molecule has 0 unspecified atom stereocenters. The van der Waals surface area contributed by atoms with Crippen molar-refractivity contribution < 1.29 is 32.3 Å². The first-order valence-corrected chi connectivity index (χ1v) is 10.6. The molecule has 2 aromatic carbocycles. The van der Waals surface area contributed by atoms with Crippen LogP contribution in [-0.4, -0.2) is 29.6 Å².